The van der Waals surface area contributed by atoms with Crippen molar-refractivity contribution in [3.63, 3.8) is 0 Å². The van der Waals surface area contributed by atoms with E-state index in [1.54, 1.807) is 24.3 Å². The number of carbonyl (C=O) groups excluding carboxylic acids is 1. The van der Waals surface area contributed by atoms with E-state index < -0.39 is 31.6 Å². The monoisotopic (exact) mass is 493 g/mol. The SMILES string of the molecule is C[C@H](NC(=O)C(Cc1ccc(-c2ccccc2)cc1)C[P+](O)(O)C(=N)Cc1ccccc1)C(=O)O. The molecule has 0 aliphatic heterocycles. The number of aliphatic carboxylic acids is 1. The molecule has 0 heterocycles. The third kappa shape index (κ3) is 7.55. The van der Waals surface area contributed by atoms with Crippen molar-refractivity contribution in [2.45, 2.75) is 25.8 Å². The molecular formula is C27H30N2O5P+. The highest BCUT2D eigenvalue weighted by atomic mass is 31.2. The number of nitrogens with one attached hydrogen (secondary N) is 2. The molecule has 3 aromatic rings. The molecule has 5 N–H and O–H groups in total. The largest absolute Gasteiger partial charge is 0.480 e. The van der Waals surface area contributed by atoms with Crippen molar-refractivity contribution in [2.75, 3.05) is 6.16 Å². The molecule has 1 amide bonds. The van der Waals surface area contributed by atoms with Gasteiger partial charge in [-0.05, 0) is 35.6 Å². The maximum atomic E-state index is 13.0. The van der Waals surface area contributed by atoms with E-state index in [2.05, 4.69) is 5.32 Å². The molecule has 0 saturated carbocycles. The van der Waals surface area contributed by atoms with Gasteiger partial charge < -0.3 is 10.4 Å². The van der Waals surface area contributed by atoms with E-state index >= 15 is 0 Å². The van der Waals surface area contributed by atoms with Gasteiger partial charge in [-0.25, -0.2) is 9.79 Å². The first-order valence-corrected chi connectivity index (χ1v) is 13.2. The predicted molar refractivity (Wildman–Crippen MR) is 138 cm³/mol. The highest BCUT2D eigenvalue weighted by molar-refractivity contribution is 7.81. The standard InChI is InChI=1S/C27H29N2O5P/c1-19(27(31)32)29-26(30)24(18-35(33,34)25(28)17-20-8-4-2-5-9-20)16-21-12-14-23(15-13-21)22-10-6-3-7-11-22/h2-15,19,24,28,33-34H,16-18H2,1H3,(H-,29,30,31,32)/p+1/t19-,24?/m0/s1. The molecule has 35 heavy (non-hydrogen) atoms. The van der Waals surface area contributed by atoms with Gasteiger partial charge in [-0.2, -0.15) is 0 Å². The van der Waals surface area contributed by atoms with Crippen molar-refractivity contribution in [2.24, 2.45) is 5.92 Å². The van der Waals surface area contributed by atoms with Crippen molar-refractivity contribution in [3.8, 4) is 11.1 Å². The summed E-state index contributed by atoms with van der Waals surface area (Å²) in [7, 11) is -3.90. The number of carboxylic acids is 1. The number of carboxylic acid groups (broad SMARTS) is 1. The number of amides is 1. The summed E-state index contributed by atoms with van der Waals surface area (Å²) in [5, 5.41) is 19.9. The quantitative estimate of drug-likeness (QED) is 0.202. The molecule has 0 fully saturated rings. The van der Waals surface area contributed by atoms with Crippen molar-refractivity contribution >= 4 is 25.0 Å². The highest BCUT2D eigenvalue weighted by Crippen LogP contribution is 2.53. The van der Waals surface area contributed by atoms with E-state index in [9.17, 15) is 24.5 Å². The average Bonchev–Trinajstić information content (AvgIpc) is 2.85. The van der Waals surface area contributed by atoms with E-state index in [0.717, 1.165) is 22.3 Å². The zero-order chi connectivity index (χ0) is 25.4. The van der Waals surface area contributed by atoms with Crippen molar-refractivity contribution in [1.82, 2.24) is 5.32 Å². The van der Waals surface area contributed by atoms with Crippen molar-refractivity contribution in [1.29, 1.82) is 5.41 Å². The van der Waals surface area contributed by atoms with E-state index in [-0.39, 0.29) is 24.5 Å². The second-order valence-corrected chi connectivity index (χ2v) is 10.9. The molecule has 3 aromatic carbocycles. The normalized spacial score (nSPS) is 13.0. The van der Waals surface area contributed by atoms with Crippen LogP contribution in [0.25, 0.3) is 11.1 Å². The first-order chi connectivity index (χ1) is 16.7. The zero-order valence-corrected chi connectivity index (χ0v) is 20.4. The summed E-state index contributed by atoms with van der Waals surface area (Å²) in [6.07, 6.45) is -0.0980. The predicted octanol–water partition coefficient (Wildman–Crippen LogP) is 4.15. The van der Waals surface area contributed by atoms with Gasteiger partial charge in [-0.1, -0.05) is 84.9 Å². The van der Waals surface area contributed by atoms with Crippen LogP contribution in [0.1, 0.15) is 18.1 Å². The number of carbonyl (C=O) groups is 2. The molecule has 8 heteroatoms. The van der Waals surface area contributed by atoms with Crippen molar-refractivity contribution in [3.05, 3.63) is 96.1 Å². The van der Waals surface area contributed by atoms with Crippen LogP contribution < -0.4 is 5.32 Å². The Morgan fingerprint density at radius 3 is 1.97 bits per heavy atom. The molecule has 1 unspecified atom stereocenters. The summed E-state index contributed by atoms with van der Waals surface area (Å²) in [6, 6.07) is 25.3. The van der Waals surface area contributed by atoms with Crippen molar-refractivity contribution < 1.29 is 24.5 Å². The van der Waals surface area contributed by atoms with Gasteiger partial charge in [0.05, 0.1) is 12.3 Å². The van der Waals surface area contributed by atoms with E-state index in [1.807, 2.05) is 60.7 Å². The number of rotatable bonds is 11. The van der Waals surface area contributed by atoms with Gasteiger partial charge in [0.2, 0.25) is 11.4 Å². The zero-order valence-electron chi connectivity index (χ0n) is 19.5. The molecule has 3 rings (SSSR count). The molecule has 0 radical (unpaired) electrons. The number of hydrogen-bond donors (Lipinski definition) is 5. The van der Waals surface area contributed by atoms with Gasteiger partial charge in [0.25, 0.3) is 0 Å². The Bertz CT molecular complexity index is 1150. The van der Waals surface area contributed by atoms with Gasteiger partial charge in [-0.15, -0.1) is 0 Å². The van der Waals surface area contributed by atoms with Crippen LogP contribution in [0.4, 0.5) is 0 Å². The smallest absolute Gasteiger partial charge is 0.325 e. The van der Waals surface area contributed by atoms with Crippen LogP contribution in [-0.2, 0) is 22.4 Å². The van der Waals surface area contributed by atoms with Gasteiger partial charge in [0, 0.05) is 0 Å². The maximum Gasteiger partial charge on any atom is 0.325 e. The molecular weight excluding hydrogens is 463 g/mol. The molecule has 0 aromatic heterocycles. The Kier molecular flexibility index (Phi) is 8.88. The summed E-state index contributed by atoms with van der Waals surface area (Å²) >= 11 is 0. The molecule has 0 saturated heterocycles. The Labute approximate surface area is 205 Å². The first kappa shape index (κ1) is 26.2. The summed E-state index contributed by atoms with van der Waals surface area (Å²) in [5.41, 5.74) is 3.39. The fourth-order valence-electron chi connectivity index (χ4n) is 3.71. The summed E-state index contributed by atoms with van der Waals surface area (Å²) in [6.45, 7) is 1.35. The molecule has 0 aliphatic carbocycles. The lowest BCUT2D eigenvalue weighted by atomic mass is 9.97. The summed E-state index contributed by atoms with van der Waals surface area (Å²) in [4.78, 5) is 45.9. The van der Waals surface area contributed by atoms with Crippen LogP contribution >= 0.6 is 7.72 Å². The van der Waals surface area contributed by atoms with Crippen LogP contribution in [0.5, 0.6) is 0 Å². The van der Waals surface area contributed by atoms with Crippen LogP contribution in [0.2, 0.25) is 0 Å². The molecule has 0 aliphatic rings. The van der Waals surface area contributed by atoms with Crippen LogP contribution in [-0.4, -0.2) is 44.4 Å². The fraction of sp³-hybridized carbons (Fsp3) is 0.222. The van der Waals surface area contributed by atoms with E-state index in [0.29, 0.717) is 0 Å². The number of benzene rings is 3. The Morgan fingerprint density at radius 2 is 1.40 bits per heavy atom. The summed E-state index contributed by atoms with van der Waals surface area (Å²) in [5.74, 6) is -2.69. The number of hydrogen-bond acceptors (Lipinski definition) is 5. The van der Waals surface area contributed by atoms with Gasteiger partial charge in [0.1, 0.15) is 12.2 Å². The van der Waals surface area contributed by atoms with Crippen LogP contribution in [0.3, 0.4) is 0 Å². The van der Waals surface area contributed by atoms with Gasteiger partial charge >= 0.3 is 13.7 Å². The lowest BCUT2D eigenvalue weighted by Crippen LogP contribution is -2.43. The second kappa shape index (κ2) is 11.8. The molecule has 182 valence electrons. The average molecular weight is 494 g/mol. The van der Waals surface area contributed by atoms with Crippen LogP contribution in [0, 0.1) is 11.3 Å². The van der Waals surface area contributed by atoms with E-state index in [1.165, 1.54) is 6.92 Å². The molecule has 0 bridgehead atoms. The lowest BCUT2D eigenvalue weighted by Gasteiger charge is -2.21. The highest BCUT2D eigenvalue weighted by Gasteiger charge is 2.44. The topological polar surface area (TPSA) is 131 Å². The third-order valence-corrected chi connectivity index (χ3v) is 7.74. The Morgan fingerprint density at radius 1 is 0.857 bits per heavy atom. The van der Waals surface area contributed by atoms with Gasteiger partial charge in [-0.3, -0.25) is 15.0 Å². The minimum atomic E-state index is -3.90. The van der Waals surface area contributed by atoms with Gasteiger partial charge in [0.15, 0.2) is 0 Å². The second-order valence-electron chi connectivity index (χ2n) is 8.55. The molecule has 2 atom stereocenters. The maximum absolute atomic E-state index is 13.0. The third-order valence-electron chi connectivity index (χ3n) is 5.76. The molecule has 0 spiro atoms. The minimum Gasteiger partial charge on any atom is -0.480 e. The Balaban J connectivity index is 1.78. The molecule has 7 nitrogen and oxygen atoms in total. The minimum absolute atomic E-state index is 0.0628. The lowest BCUT2D eigenvalue weighted by molar-refractivity contribution is -0.141. The summed E-state index contributed by atoms with van der Waals surface area (Å²) < 4.78 is 0. The van der Waals surface area contributed by atoms with Crippen LogP contribution in [0.15, 0.2) is 84.9 Å². The fourth-order valence-corrected chi connectivity index (χ4v) is 5.28. The first-order valence-electron chi connectivity index (χ1n) is 11.3. The van der Waals surface area contributed by atoms with E-state index in [4.69, 9.17) is 5.41 Å². The Hall–Kier alpha value is -3.38.